The number of aliphatic carboxylic acids is 1. The smallest absolute Gasteiger partial charge is 0.326 e. The largest absolute Gasteiger partial charge is 0.480 e. The van der Waals surface area contributed by atoms with Crippen LogP contribution >= 0.6 is 0 Å². The topological polar surface area (TPSA) is 168 Å². The van der Waals surface area contributed by atoms with E-state index in [1.165, 1.54) is 11.8 Å². The van der Waals surface area contributed by atoms with Crippen LogP contribution in [0.3, 0.4) is 0 Å². The van der Waals surface area contributed by atoms with Crippen molar-refractivity contribution in [2.75, 3.05) is 19.6 Å². The monoisotopic (exact) mass is 371 g/mol. The molecule has 10 nitrogen and oxygen atoms in total. The minimum Gasteiger partial charge on any atom is -0.480 e. The van der Waals surface area contributed by atoms with Crippen LogP contribution in [0, 0.1) is 0 Å². The van der Waals surface area contributed by atoms with Gasteiger partial charge in [-0.2, -0.15) is 0 Å². The number of nitrogens with two attached hydrogens (primary N) is 2. The van der Waals surface area contributed by atoms with E-state index in [9.17, 15) is 19.2 Å². The summed E-state index contributed by atoms with van der Waals surface area (Å²) < 4.78 is 0. The maximum absolute atomic E-state index is 12.1. The zero-order valence-corrected chi connectivity index (χ0v) is 15.1. The van der Waals surface area contributed by atoms with E-state index in [1.54, 1.807) is 0 Å². The van der Waals surface area contributed by atoms with Gasteiger partial charge in [0.15, 0.2) is 0 Å². The van der Waals surface area contributed by atoms with Crippen LogP contribution in [-0.4, -0.2) is 71.5 Å². The van der Waals surface area contributed by atoms with Gasteiger partial charge in [0.25, 0.3) is 0 Å². The Balaban J connectivity index is 2.38. The molecule has 0 aromatic carbocycles. The molecule has 0 aromatic rings. The van der Waals surface area contributed by atoms with Crippen molar-refractivity contribution < 1.29 is 24.3 Å². The molecule has 0 radical (unpaired) electrons. The second-order valence-electron chi connectivity index (χ2n) is 6.42. The van der Waals surface area contributed by atoms with Gasteiger partial charge in [0.1, 0.15) is 12.1 Å². The maximum atomic E-state index is 12.1. The SMILES string of the molecule is CC(NC(=O)C(N)CCCCN)C(=O)NCC(=O)N1CCCC1C(=O)O. The first-order chi connectivity index (χ1) is 12.3. The Bertz CT molecular complexity index is 527. The molecule has 0 aliphatic carbocycles. The lowest BCUT2D eigenvalue weighted by Crippen LogP contribution is -2.52. The fourth-order valence-corrected chi connectivity index (χ4v) is 2.76. The number of rotatable bonds is 10. The summed E-state index contributed by atoms with van der Waals surface area (Å²) in [7, 11) is 0. The van der Waals surface area contributed by atoms with Crippen molar-refractivity contribution in [3.63, 3.8) is 0 Å². The predicted octanol–water partition coefficient (Wildman–Crippen LogP) is -1.86. The highest BCUT2D eigenvalue weighted by molar-refractivity contribution is 5.92. The van der Waals surface area contributed by atoms with Crippen LogP contribution < -0.4 is 22.1 Å². The van der Waals surface area contributed by atoms with Crippen LogP contribution in [0.25, 0.3) is 0 Å². The van der Waals surface area contributed by atoms with Gasteiger partial charge in [-0.15, -0.1) is 0 Å². The van der Waals surface area contributed by atoms with Gasteiger partial charge in [0.2, 0.25) is 17.7 Å². The number of carbonyl (C=O) groups is 4. The summed E-state index contributed by atoms with van der Waals surface area (Å²) in [4.78, 5) is 48.4. The highest BCUT2D eigenvalue weighted by Crippen LogP contribution is 2.17. The van der Waals surface area contributed by atoms with Crippen molar-refractivity contribution >= 4 is 23.7 Å². The molecule has 1 heterocycles. The number of hydrogen-bond donors (Lipinski definition) is 5. The van der Waals surface area contributed by atoms with E-state index in [-0.39, 0.29) is 6.54 Å². The molecule has 3 atom stereocenters. The molecule has 0 aromatic heterocycles. The second kappa shape index (κ2) is 10.7. The van der Waals surface area contributed by atoms with Crippen molar-refractivity contribution in [2.45, 2.75) is 57.2 Å². The minimum atomic E-state index is -1.05. The fraction of sp³-hybridized carbons (Fsp3) is 0.750. The molecule has 7 N–H and O–H groups in total. The molecule has 3 unspecified atom stereocenters. The van der Waals surface area contributed by atoms with E-state index in [0.717, 1.165) is 12.8 Å². The van der Waals surface area contributed by atoms with E-state index >= 15 is 0 Å². The number of nitrogens with zero attached hydrogens (tertiary/aromatic N) is 1. The highest BCUT2D eigenvalue weighted by atomic mass is 16.4. The molecule has 148 valence electrons. The van der Waals surface area contributed by atoms with E-state index < -0.39 is 41.8 Å². The van der Waals surface area contributed by atoms with Gasteiger partial charge >= 0.3 is 5.97 Å². The number of carboxylic acid groups (broad SMARTS) is 1. The Hall–Kier alpha value is -2.20. The van der Waals surface area contributed by atoms with Crippen molar-refractivity contribution in [1.29, 1.82) is 0 Å². The third-order valence-corrected chi connectivity index (χ3v) is 4.33. The fourth-order valence-electron chi connectivity index (χ4n) is 2.76. The lowest BCUT2D eigenvalue weighted by molar-refractivity contribution is -0.148. The zero-order valence-electron chi connectivity index (χ0n) is 15.1. The number of carbonyl (C=O) groups excluding carboxylic acids is 3. The molecule has 1 fully saturated rings. The number of amides is 3. The molecule has 26 heavy (non-hydrogen) atoms. The van der Waals surface area contributed by atoms with Gasteiger partial charge in [0.05, 0.1) is 12.6 Å². The Morgan fingerprint density at radius 3 is 2.54 bits per heavy atom. The third kappa shape index (κ3) is 6.60. The van der Waals surface area contributed by atoms with Crippen LogP contribution in [-0.2, 0) is 19.2 Å². The molecular formula is C16H29N5O5. The van der Waals surface area contributed by atoms with Gasteiger partial charge in [0, 0.05) is 6.54 Å². The number of unbranched alkanes of at least 4 members (excludes halogenated alkanes) is 1. The lowest BCUT2D eigenvalue weighted by Gasteiger charge is -2.22. The Kier molecular flexibility index (Phi) is 9.00. The molecule has 0 saturated carbocycles. The summed E-state index contributed by atoms with van der Waals surface area (Å²) in [5.41, 5.74) is 11.1. The number of carboxylic acids is 1. The van der Waals surface area contributed by atoms with Crippen LogP contribution in [0.2, 0.25) is 0 Å². The Morgan fingerprint density at radius 1 is 1.23 bits per heavy atom. The molecular weight excluding hydrogens is 342 g/mol. The van der Waals surface area contributed by atoms with E-state index in [1.807, 2.05) is 0 Å². The normalized spacial score (nSPS) is 18.9. The maximum Gasteiger partial charge on any atom is 0.326 e. The van der Waals surface area contributed by atoms with Crippen molar-refractivity contribution in [2.24, 2.45) is 11.5 Å². The highest BCUT2D eigenvalue weighted by Gasteiger charge is 2.34. The van der Waals surface area contributed by atoms with Gasteiger partial charge in [-0.05, 0) is 39.2 Å². The van der Waals surface area contributed by atoms with Crippen molar-refractivity contribution in [3.05, 3.63) is 0 Å². The van der Waals surface area contributed by atoms with E-state index in [2.05, 4.69) is 10.6 Å². The Morgan fingerprint density at radius 2 is 1.92 bits per heavy atom. The summed E-state index contributed by atoms with van der Waals surface area (Å²) >= 11 is 0. The Labute approximate surface area is 152 Å². The average molecular weight is 371 g/mol. The molecule has 1 aliphatic rings. The van der Waals surface area contributed by atoms with Gasteiger partial charge in [-0.3, -0.25) is 14.4 Å². The summed E-state index contributed by atoms with van der Waals surface area (Å²) in [6.45, 7) is 2.06. The van der Waals surface area contributed by atoms with E-state index in [0.29, 0.717) is 32.4 Å². The minimum absolute atomic E-state index is 0.314. The number of hydrogen-bond acceptors (Lipinski definition) is 6. The summed E-state index contributed by atoms with van der Waals surface area (Å²) in [6, 6.07) is -2.42. The summed E-state index contributed by atoms with van der Waals surface area (Å²) in [5, 5.41) is 14.0. The number of nitrogens with one attached hydrogen (secondary N) is 2. The first kappa shape index (κ1) is 21.8. The second-order valence-corrected chi connectivity index (χ2v) is 6.42. The quantitative estimate of drug-likeness (QED) is 0.280. The van der Waals surface area contributed by atoms with Crippen LogP contribution in [0.1, 0.15) is 39.0 Å². The summed E-state index contributed by atoms with van der Waals surface area (Å²) in [6.07, 6.45) is 2.99. The first-order valence-corrected chi connectivity index (χ1v) is 8.84. The number of likely N-dealkylation sites (tertiary alicyclic amines) is 1. The summed E-state index contributed by atoms with van der Waals surface area (Å²) in [5.74, 6) is -2.49. The lowest BCUT2D eigenvalue weighted by atomic mass is 10.1. The molecule has 1 rings (SSSR count). The van der Waals surface area contributed by atoms with Gasteiger partial charge < -0.3 is 32.1 Å². The zero-order chi connectivity index (χ0) is 19.7. The molecule has 1 aliphatic heterocycles. The van der Waals surface area contributed by atoms with Crippen LogP contribution in [0.15, 0.2) is 0 Å². The standard InChI is InChI=1S/C16H29N5O5/c1-10(20-15(24)11(18)5-2-3-7-17)14(23)19-9-13(22)21-8-4-6-12(21)16(25)26/h10-12H,2-9,17-18H2,1H3,(H,19,23)(H,20,24)(H,25,26). The van der Waals surface area contributed by atoms with Gasteiger partial charge in [-0.1, -0.05) is 6.42 Å². The van der Waals surface area contributed by atoms with Crippen molar-refractivity contribution in [1.82, 2.24) is 15.5 Å². The molecule has 0 bridgehead atoms. The average Bonchev–Trinajstić information content (AvgIpc) is 3.09. The molecule has 10 heteroatoms. The third-order valence-electron chi connectivity index (χ3n) is 4.33. The molecule has 0 spiro atoms. The van der Waals surface area contributed by atoms with Crippen molar-refractivity contribution in [3.8, 4) is 0 Å². The van der Waals surface area contributed by atoms with Gasteiger partial charge in [-0.25, -0.2) is 4.79 Å². The molecule has 1 saturated heterocycles. The predicted molar refractivity (Wildman–Crippen MR) is 93.9 cm³/mol. The first-order valence-electron chi connectivity index (χ1n) is 8.84. The van der Waals surface area contributed by atoms with Crippen LogP contribution in [0.4, 0.5) is 0 Å². The molecule has 3 amide bonds. The van der Waals surface area contributed by atoms with E-state index in [4.69, 9.17) is 16.6 Å². The van der Waals surface area contributed by atoms with Crippen LogP contribution in [0.5, 0.6) is 0 Å².